The number of cyclic esters (lactones) is 1. The standard InChI is InChI=1S/C10H10ClNO2.CH3FS/c1-5-6(2)14-10(13)7-3-4-8(11)12-9(5)7;1-3-2/h3-6H,1-2H3;1H3/t5-,6-;/m0./s1. The number of hydrogen-bond acceptors (Lipinski definition) is 4. The van der Waals surface area contributed by atoms with Crippen LogP contribution in [0.25, 0.3) is 0 Å². The molecule has 0 amide bonds. The average Bonchev–Trinajstić information content (AvgIpc) is 2.27. The number of rotatable bonds is 0. The van der Waals surface area contributed by atoms with Crippen LogP contribution in [0.3, 0.4) is 0 Å². The highest BCUT2D eigenvalue weighted by Crippen LogP contribution is 2.30. The first-order valence-electron chi connectivity index (χ1n) is 5.03. The van der Waals surface area contributed by atoms with Crippen molar-refractivity contribution in [1.29, 1.82) is 0 Å². The second-order valence-electron chi connectivity index (χ2n) is 3.62. The van der Waals surface area contributed by atoms with E-state index in [1.54, 1.807) is 12.1 Å². The maximum atomic E-state index is 11.4. The number of carbonyl (C=O) groups excluding carboxylic acids is 1. The van der Waals surface area contributed by atoms with Gasteiger partial charge in [0.05, 0.1) is 11.3 Å². The zero-order chi connectivity index (χ0) is 13.0. The van der Waals surface area contributed by atoms with Gasteiger partial charge in [0.2, 0.25) is 0 Å². The molecule has 0 bridgehead atoms. The Bertz CT molecular complexity index is 416. The molecule has 0 fully saturated rings. The van der Waals surface area contributed by atoms with Crippen LogP contribution < -0.4 is 0 Å². The Hall–Kier alpha value is -0.810. The van der Waals surface area contributed by atoms with Crippen molar-refractivity contribution in [3.63, 3.8) is 0 Å². The van der Waals surface area contributed by atoms with Gasteiger partial charge in [-0.3, -0.25) is 0 Å². The third-order valence-electron chi connectivity index (χ3n) is 2.54. The molecule has 0 spiro atoms. The van der Waals surface area contributed by atoms with Gasteiger partial charge in [-0.05, 0) is 19.1 Å². The van der Waals surface area contributed by atoms with Crippen LogP contribution in [0.4, 0.5) is 3.89 Å². The van der Waals surface area contributed by atoms with Crippen molar-refractivity contribution in [2.24, 2.45) is 0 Å². The van der Waals surface area contributed by atoms with Crippen molar-refractivity contribution in [1.82, 2.24) is 4.98 Å². The SMILES string of the molecule is CSF.C[C@@H]1OC(=O)c2ccc(Cl)nc2[C@H]1C. The van der Waals surface area contributed by atoms with E-state index in [4.69, 9.17) is 16.3 Å². The second-order valence-corrected chi connectivity index (χ2v) is 4.32. The van der Waals surface area contributed by atoms with E-state index in [0.29, 0.717) is 10.7 Å². The van der Waals surface area contributed by atoms with Crippen LogP contribution in [0.2, 0.25) is 5.15 Å². The summed E-state index contributed by atoms with van der Waals surface area (Å²) in [5.41, 5.74) is 1.27. The molecule has 6 heteroatoms. The Morgan fingerprint density at radius 1 is 1.47 bits per heavy atom. The fourth-order valence-electron chi connectivity index (χ4n) is 1.53. The molecular weight excluding hydrogens is 265 g/mol. The summed E-state index contributed by atoms with van der Waals surface area (Å²) in [6, 6.07) is 3.26. The molecule has 1 aliphatic rings. The Morgan fingerprint density at radius 2 is 2.06 bits per heavy atom. The van der Waals surface area contributed by atoms with Gasteiger partial charge in [-0.25, -0.2) is 9.78 Å². The number of nitrogens with zero attached hydrogens (tertiary/aromatic N) is 1. The Balaban J connectivity index is 0.000000437. The van der Waals surface area contributed by atoms with Gasteiger partial charge in [0.15, 0.2) is 0 Å². The van der Waals surface area contributed by atoms with Crippen molar-refractivity contribution in [3.05, 3.63) is 28.5 Å². The molecular formula is C11H13ClFNO2S. The molecule has 3 nitrogen and oxygen atoms in total. The Morgan fingerprint density at radius 3 is 2.65 bits per heavy atom. The van der Waals surface area contributed by atoms with E-state index >= 15 is 0 Å². The molecule has 1 aliphatic heterocycles. The second kappa shape index (κ2) is 6.21. The third kappa shape index (κ3) is 3.33. The normalized spacial score (nSPS) is 22.1. The number of fused-ring (bicyclic) bond motifs is 1. The van der Waals surface area contributed by atoms with Gasteiger partial charge in [0.25, 0.3) is 0 Å². The fourth-order valence-corrected chi connectivity index (χ4v) is 1.68. The van der Waals surface area contributed by atoms with Crippen molar-refractivity contribution >= 4 is 29.7 Å². The summed E-state index contributed by atoms with van der Waals surface area (Å²) in [5.74, 6) is -0.212. The van der Waals surface area contributed by atoms with Gasteiger partial charge < -0.3 is 4.74 Å². The summed E-state index contributed by atoms with van der Waals surface area (Å²) in [6.07, 6.45) is 1.24. The van der Waals surface area contributed by atoms with Crippen molar-refractivity contribution < 1.29 is 13.4 Å². The molecule has 2 heterocycles. The summed E-state index contributed by atoms with van der Waals surface area (Å²) in [6.45, 7) is 3.83. The van der Waals surface area contributed by atoms with Crippen LogP contribution in [0.5, 0.6) is 0 Å². The first kappa shape index (κ1) is 14.3. The van der Waals surface area contributed by atoms with Crippen molar-refractivity contribution in [3.8, 4) is 0 Å². The van der Waals surface area contributed by atoms with Gasteiger partial charge >= 0.3 is 5.97 Å². The summed E-state index contributed by atoms with van der Waals surface area (Å²) >= 11 is 6.02. The number of hydrogen-bond donors (Lipinski definition) is 0. The number of carbonyl (C=O) groups is 1. The molecule has 0 saturated heterocycles. The molecule has 1 aromatic rings. The van der Waals surface area contributed by atoms with E-state index in [1.807, 2.05) is 13.8 Å². The van der Waals surface area contributed by atoms with Crippen molar-refractivity contribution in [2.75, 3.05) is 6.26 Å². The van der Waals surface area contributed by atoms with Crippen LogP contribution in [0.1, 0.15) is 35.8 Å². The highest BCUT2D eigenvalue weighted by atomic mass is 35.5. The molecule has 17 heavy (non-hydrogen) atoms. The van der Waals surface area contributed by atoms with E-state index in [0.717, 1.165) is 5.69 Å². The van der Waals surface area contributed by atoms with Crippen molar-refractivity contribution in [2.45, 2.75) is 25.9 Å². The lowest BCUT2D eigenvalue weighted by Gasteiger charge is -2.26. The summed E-state index contributed by atoms with van der Waals surface area (Å²) in [4.78, 5) is 15.6. The maximum absolute atomic E-state index is 11.4. The number of esters is 1. The predicted molar refractivity (Wildman–Crippen MR) is 67.2 cm³/mol. The maximum Gasteiger partial charge on any atom is 0.340 e. The smallest absolute Gasteiger partial charge is 0.340 e. The minimum absolute atomic E-state index is 0.0985. The molecule has 0 saturated carbocycles. The highest BCUT2D eigenvalue weighted by molar-refractivity contribution is 7.93. The van der Waals surface area contributed by atoms with E-state index < -0.39 is 0 Å². The predicted octanol–water partition coefficient (Wildman–Crippen LogP) is 3.63. The minimum Gasteiger partial charge on any atom is -0.458 e. The van der Waals surface area contributed by atoms with Gasteiger partial charge in [-0.2, -0.15) is 3.89 Å². The van der Waals surface area contributed by atoms with Crippen LogP contribution in [0, 0.1) is 0 Å². The van der Waals surface area contributed by atoms with Crippen LogP contribution >= 0.6 is 23.7 Å². The number of halogens is 2. The molecule has 2 rings (SSSR count). The molecule has 1 aromatic heterocycles. The Kier molecular flexibility index (Phi) is 5.21. The molecule has 0 unspecified atom stereocenters. The molecule has 0 aliphatic carbocycles. The zero-order valence-electron chi connectivity index (χ0n) is 9.74. The molecule has 0 aromatic carbocycles. The van der Waals surface area contributed by atoms with E-state index in [1.165, 1.54) is 6.26 Å². The fraction of sp³-hybridized carbons (Fsp3) is 0.455. The summed E-state index contributed by atoms with van der Waals surface area (Å²) in [5, 5.41) is 0.414. The summed E-state index contributed by atoms with van der Waals surface area (Å²) in [7, 11) is 0. The van der Waals surface area contributed by atoms with Crippen LogP contribution in [-0.2, 0) is 4.74 Å². The lowest BCUT2D eigenvalue weighted by Crippen LogP contribution is -2.29. The van der Waals surface area contributed by atoms with E-state index in [-0.39, 0.29) is 30.1 Å². The quantitative estimate of drug-likeness (QED) is 0.536. The first-order chi connectivity index (χ1) is 8.01. The average molecular weight is 278 g/mol. The minimum atomic E-state index is -0.310. The molecule has 94 valence electrons. The zero-order valence-corrected chi connectivity index (χ0v) is 11.3. The summed E-state index contributed by atoms with van der Waals surface area (Å²) < 4.78 is 15.4. The van der Waals surface area contributed by atoms with E-state index in [2.05, 4.69) is 4.98 Å². The van der Waals surface area contributed by atoms with Gasteiger partial charge in [0, 0.05) is 24.3 Å². The number of aromatic nitrogens is 1. The molecule has 0 radical (unpaired) electrons. The molecule has 2 atom stereocenters. The lowest BCUT2D eigenvalue weighted by molar-refractivity contribution is 0.0235. The monoisotopic (exact) mass is 277 g/mol. The first-order valence-corrected chi connectivity index (χ1v) is 6.53. The van der Waals surface area contributed by atoms with Gasteiger partial charge in [-0.1, -0.05) is 18.5 Å². The Labute approximate surface area is 109 Å². The van der Waals surface area contributed by atoms with Gasteiger partial charge in [0.1, 0.15) is 11.3 Å². The largest absolute Gasteiger partial charge is 0.458 e. The number of pyridine rings is 1. The van der Waals surface area contributed by atoms with E-state index in [9.17, 15) is 8.68 Å². The third-order valence-corrected chi connectivity index (χ3v) is 2.75. The highest BCUT2D eigenvalue weighted by Gasteiger charge is 2.31. The van der Waals surface area contributed by atoms with Crippen LogP contribution in [-0.4, -0.2) is 23.3 Å². The van der Waals surface area contributed by atoms with Gasteiger partial charge in [-0.15, -0.1) is 0 Å². The lowest BCUT2D eigenvalue weighted by atomic mass is 9.94. The topological polar surface area (TPSA) is 39.2 Å². The molecule has 0 N–H and O–H groups in total. The number of ether oxygens (including phenoxy) is 1. The van der Waals surface area contributed by atoms with Crippen LogP contribution in [0.15, 0.2) is 12.1 Å².